The summed E-state index contributed by atoms with van der Waals surface area (Å²) in [6, 6.07) is 4.72. The third-order valence-electron chi connectivity index (χ3n) is 3.75. The van der Waals surface area contributed by atoms with E-state index in [-0.39, 0.29) is 0 Å². The average Bonchev–Trinajstić information content (AvgIpc) is 2.30. The number of rotatable bonds is 7. The molecular weight excluding hydrogens is 204 g/mol. The number of hydrogen-bond acceptors (Lipinski definition) is 0. The first-order valence-corrected chi connectivity index (χ1v) is 7.22. The van der Waals surface area contributed by atoms with Gasteiger partial charge in [0, 0.05) is 0 Å². The largest absolute Gasteiger partial charge is 0.0654 e. The molecule has 0 aliphatic heterocycles. The van der Waals surface area contributed by atoms with E-state index < -0.39 is 0 Å². The minimum atomic E-state index is 1.26. The van der Waals surface area contributed by atoms with Crippen LogP contribution in [0, 0.1) is 20.8 Å². The summed E-state index contributed by atoms with van der Waals surface area (Å²) < 4.78 is 0. The summed E-state index contributed by atoms with van der Waals surface area (Å²) in [6.45, 7) is 8.95. The van der Waals surface area contributed by atoms with E-state index in [0.29, 0.717) is 0 Å². The van der Waals surface area contributed by atoms with Crippen LogP contribution >= 0.6 is 0 Å². The predicted molar refractivity (Wildman–Crippen MR) is 77.7 cm³/mol. The number of unbranched alkanes of at least 4 members (excludes halogenated alkanes) is 5. The highest BCUT2D eigenvalue weighted by Gasteiger charge is 2.01. The molecule has 96 valence electrons. The van der Waals surface area contributed by atoms with Crippen LogP contribution < -0.4 is 0 Å². The molecule has 0 N–H and O–H groups in total. The molecule has 0 spiro atoms. The van der Waals surface area contributed by atoms with Crippen LogP contribution in [-0.2, 0) is 6.42 Å². The standard InChI is InChI=1S/C17H28/c1-5-6-7-8-9-10-11-17-13-15(3)14(2)12-16(17)4/h12-13H,5-11H2,1-4H3. The topological polar surface area (TPSA) is 0 Å². The van der Waals surface area contributed by atoms with Crippen molar-refractivity contribution in [2.24, 2.45) is 0 Å². The van der Waals surface area contributed by atoms with Crippen LogP contribution in [0.1, 0.15) is 67.7 Å². The van der Waals surface area contributed by atoms with E-state index in [1.807, 2.05) is 0 Å². The Hall–Kier alpha value is -0.780. The summed E-state index contributed by atoms with van der Waals surface area (Å²) in [5.41, 5.74) is 5.90. The molecule has 0 radical (unpaired) electrons. The van der Waals surface area contributed by atoms with Crippen molar-refractivity contribution in [1.82, 2.24) is 0 Å². The van der Waals surface area contributed by atoms with E-state index in [4.69, 9.17) is 0 Å². The average molecular weight is 232 g/mol. The Morgan fingerprint density at radius 2 is 1.29 bits per heavy atom. The Morgan fingerprint density at radius 1 is 0.706 bits per heavy atom. The lowest BCUT2D eigenvalue weighted by Crippen LogP contribution is -1.93. The van der Waals surface area contributed by atoms with Gasteiger partial charge in [0.2, 0.25) is 0 Å². The molecule has 1 rings (SSSR count). The van der Waals surface area contributed by atoms with Gasteiger partial charge in [-0.1, -0.05) is 51.2 Å². The zero-order valence-corrected chi connectivity index (χ0v) is 12.1. The van der Waals surface area contributed by atoms with Crippen LogP contribution in [0.25, 0.3) is 0 Å². The van der Waals surface area contributed by atoms with Crippen LogP contribution in [0.3, 0.4) is 0 Å². The number of benzene rings is 1. The summed E-state index contributed by atoms with van der Waals surface area (Å²) in [7, 11) is 0. The van der Waals surface area contributed by atoms with Crippen molar-refractivity contribution in [3.05, 3.63) is 34.4 Å². The number of hydrogen-bond donors (Lipinski definition) is 0. The number of aryl methyl sites for hydroxylation is 4. The third kappa shape index (κ3) is 4.93. The van der Waals surface area contributed by atoms with E-state index >= 15 is 0 Å². The van der Waals surface area contributed by atoms with E-state index in [1.165, 1.54) is 61.6 Å². The van der Waals surface area contributed by atoms with Crippen molar-refractivity contribution in [3.63, 3.8) is 0 Å². The summed E-state index contributed by atoms with van der Waals surface area (Å²) in [5.74, 6) is 0. The second-order valence-corrected chi connectivity index (χ2v) is 5.38. The summed E-state index contributed by atoms with van der Waals surface area (Å²) >= 11 is 0. The molecule has 0 unspecified atom stereocenters. The molecule has 0 heteroatoms. The first-order chi connectivity index (χ1) is 8.15. The molecule has 0 fully saturated rings. The van der Waals surface area contributed by atoms with Crippen LogP contribution in [0.15, 0.2) is 12.1 Å². The SMILES string of the molecule is CCCCCCCCc1cc(C)c(C)cc1C. The molecule has 0 heterocycles. The van der Waals surface area contributed by atoms with Crippen molar-refractivity contribution in [2.75, 3.05) is 0 Å². The Morgan fingerprint density at radius 3 is 2.00 bits per heavy atom. The smallest absolute Gasteiger partial charge is 0.0276 e. The van der Waals surface area contributed by atoms with E-state index in [9.17, 15) is 0 Å². The fourth-order valence-corrected chi connectivity index (χ4v) is 2.39. The van der Waals surface area contributed by atoms with Crippen molar-refractivity contribution in [2.45, 2.75) is 72.6 Å². The Bertz CT molecular complexity index is 336. The lowest BCUT2D eigenvalue weighted by Gasteiger charge is -2.09. The Labute approximate surface area is 107 Å². The molecule has 1 aromatic rings. The van der Waals surface area contributed by atoms with Gasteiger partial charge in [0.25, 0.3) is 0 Å². The molecule has 0 aliphatic carbocycles. The second-order valence-electron chi connectivity index (χ2n) is 5.38. The zero-order chi connectivity index (χ0) is 12.7. The lowest BCUT2D eigenvalue weighted by molar-refractivity contribution is 0.607. The first kappa shape index (κ1) is 14.3. The molecular formula is C17H28. The molecule has 0 saturated heterocycles. The molecule has 0 saturated carbocycles. The lowest BCUT2D eigenvalue weighted by atomic mass is 9.96. The van der Waals surface area contributed by atoms with Crippen molar-refractivity contribution >= 4 is 0 Å². The molecule has 0 aliphatic rings. The third-order valence-corrected chi connectivity index (χ3v) is 3.75. The minimum Gasteiger partial charge on any atom is -0.0654 e. The van der Waals surface area contributed by atoms with Gasteiger partial charge in [-0.05, 0) is 55.9 Å². The minimum absolute atomic E-state index is 1.26. The monoisotopic (exact) mass is 232 g/mol. The second kappa shape index (κ2) is 7.53. The van der Waals surface area contributed by atoms with Gasteiger partial charge in [0.1, 0.15) is 0 Å². The Kier molecular flexibility index (Phi) is 6.32. The predicted octanol–water partition coefficient (Wildman–Crippen LogP) is 5.51. The van der Waals surface area contributed by atoms with E-state index in [2.05, 4.69) is 39.8 Å². The highest BCUT2D eigenvalue weighted by atomic mass is 14.1. The molecule has 1 aromatic carbocycles. The fraction of sp³-hybridized carbons (Fsp3) is 0.647. The van der Waals surface area contributed by atoms with Crippen LogP contribution in [0.2, 0.25) is 0 Å². The molecule has 0 nitrogen and oxygen atoms in total. The van der Waals surface area contributed by atoms with Gasteiger partial charge >= 0.3 is 0 Å². The van der Waals surface area contributed by atoms with Crippen LogP contribution in [0.5, 0.6) is 0 Å². The van der Waals surface area contributed by atoms with Crippen molar-refractivity contribution in [1.29, 1.82) is 0 Å². The van der Waals surface area contributed by atoms with Crippen molar-refractivity contribution < 1.29 is 0 Å². The first-order valence-electron chi connectivity index (χ1n) is 7.22. The maximum atomic E-state index is 2.39. The van der Waals surface area contributed by atoms with Gasteiger partial charge in [-0.3, -0.25) is 0 Å². The molecule has 0 bridgehead atoms. The van der Waals surface area contributed by atoms with E-state index in [1.54, 1.807) is 5.56 Å². The van der Waals surface area contributed by atoms with Gasteiger partial charge in [-0.25, -0.2) is 0 Å². The highest BCUT2D eigenvalue weighted by Crippen LogP contribution is 2.18. The molecule has 0 aromatic heterocycles. The van der Waals surface area contributed by atoms with Gasteiger partial charge in [0.15, 0.2) is 0 Å². The highest BCUT2D eigenvalue weighted by molar-refractivity contribution is 5.36. The quantitative estimate of drug-likeness (QED) is 0.543. The van der Waals surface area contributed by atoms with Gasteiger partial charge in [-0.15, -0.1) is 0 Å². The molecule has 17 heavy (non-hydrogen) atoms. The molecule has 0 atom stereocenters. The van der Waals surface area contributed by atoms with Crippen molar-refractivity contribution in [3.8, 4) is 0 Å². The summed E-state index contributed by atoms with van der Waals surface area (Å²) in [4.78, 5) is 0. The summed E-state index contributed by atoms with van der Waals surface area (Å²) in [6.07, 6.45) is 9.59. The maximum absolute atomic E-state index is 2.39. The maximum Gasteiger partial charge on any atom is -0.0276 e. The van der Waals surface area contributed by atoms with Crippen LogP contribution in [-0.4, -0.2) is 0 Å². The fourth-order valence-electron chi connectivity index (χ4n) is 2.39. The van der Waals surface area contributed by atoms with Crippen LogP contribution in [0.4, 0.5) is 0 Å². The normalized spacial score (nSPS) is 10.8. The van der Waals surface area contributed by atoms with E-state index in [0.717, 1.165) is 0 Å². The molecule has 0 amide bonds. The Balaban J connectivity index is 2.34. The van der Waals surface area contributed by atoms with Gasteiger partial charge < -0.3 is 0 Å². The zero-order valence-electron chi connectivity index (χ0n) is 12.1. The van der Waals surface area contributed by atoms with Gasteiger partial charge in [0.05, 0.1) is 0 Å². The summed E-state index contributed by atoms with van der Waals surface area (Å²) in [5, 5.41) is 0. The van der Waals surface area contributed by atoms with Gasteiger partial charge in [-0.2, -0.15) is 0 Å².